The summed E-state index contributed by atoms with van der Waals surface area (Å²) >= 11 is 0. The van der Waals surface area contributed by atoms with Crippen molar-refractivity contribution in [2.45, 2.75) is 40.2 Å². The lowest BCUT2D eigenvalue weighted by Gasteiger charge is -2.10. The van der Waals surface area contributed by atoms with Crippen LogP contribution in [-0.2, 0) is 11.2 Å². The Hall–Kier alpha value is -1.35. The molecule has 0 amide bonds. The van der Waals surface area contributed by atoms with Gasteiger partial charge in [0.2, 0.25) is 0 Å². The molecule has 0 fully saturated rings. The Bertz CT molecular complexity index is 382. The first kappa shape index (κ1) is 15.7. The van der Waals surface area contributed by atoms with Gasteiger partial charge in [-0.3, -0.25) is 4.79 Å². The van der Waals surface area contributed by atoms with E-state index >= 15 is 0 Å². The summed E-state index contributed by atoms with van der Waals surface area (Å²) < 4.78 is 5.62. The first-order valence-corrected chi connectivity index (χ1v) is 6.97. The Morgan fingerprint density at radius 3 is 2.32 bits per heavy atom. The molecule has 0 heterocycles. The highest BCUT2D eigenvalue weighted by Crippen LogP contribution is 2.13. The summed E-state index contributed by atoms with van der Waals surface area (Å²) in [4.78, 5) is 11.6. The Balaban J connectivity index is 2.37. The average Bonchev–Trinajstić information content (AvgIpc) is 2.36. The fraction of sp³-hybridized carbons (Fsp3) is 0.562. The highest BCUT2D eigenvalue weighted by molar-refractivity contribution is 5.82. The van der Waals surface area contributed by atoms with Gasteiger partial charge >= 0.3 is 0 Å². The smallest absolute Gasteiger partial charge is 0.139 e. The average molecular weight is 263 g/mol. The summed E-state index contributed by atoms with van der Waals surface area (Å²) in [5, 5.41) is 3.30. The second-order valence-electron chi connectivity index (χ2n) is 5.40. The zero-order valence-electron chi connectivity index (χ0n) is 12.4. The minimum absolute atomic E-state index is 0.0954. The summed E-state index contributed by atoms with van der Waals surface area (Å²) in [5.74, 6) is 1.22. The molecule has 0 radical (unpaired) electrons. The molecule has 0 spiro atoms. The van der Waals surface area contributed by atoms with Gasteiger partial charge in [0.1, 0.15) is 18.1 Å². The van der Waals surface area contributed by atoms with Gasteiger partial charge < -0.3 is 10.1 Å². The predicted molar refractivity (Wildman–Crippen MR) is 78.6 cm³/mol. The van der Waals surface area contributed by atoms with Crippen LogP contribution in [0.25, 0.3) is 0 Å². The van der Waals surface area contributed by atoms with Crippen LogP contribution >= 0.6 is 0 Å². The molecule has 106 valence electrons. The number of carbonyl (C=O) groups is 1. The summed E-state index contributed by atoms with van der Waals surface area (Å²) in [6.07, 6.45) is 0.507. The molecule has 0 aliphatic carbocycles. The lowest BCUT2D eigenvalue weighted by atomic mass is 10.0. The number of nitrogens with one attached hydrogen (secondary N) is 1. The lowest BCUT2D eigenvalue weighted by Crippen LogP contribution is -2.27. The van der Waals surface area contributed by atoms with Gasteiger partial charge in [-0.15, -0.1) is 0 Å². The molecule has 0 aliphatic rings. The van der Waals surface area contributed by atoms with E-state index in [1.165, 1.54) is 0 Å². The molecule has 1 aromatic rings. The Morgan fingerprint density at radius 2 is 1.79 bits per heavy atom. The van der Waals surface area contributed by atoms with Gasteiger partial charge in [-0.2, -0.15) is 0 Å². The molecule has 0 aromatic heterocycles. The molecule has 0 aliphatic heterocycles. The third-order valence-electron chi connectivity index (χ3n) is 2.87. The molecule has 0 unspecified atom stereocenters. The van der Waals surface area contributed by atoms with E-state index in [4.69, 9.17) is 4.74 Å². The fourth-order valence-electron chi connectivity index (χ4n) is 1.63. The molecular formula is C16H25NO2. The third kappa shape index (κ3) is 6.39. The molecule has 3 heteroatoms. The molecule has 1 N–H and O–H groups in total. The maximum atomic E-state index is 11.6. The van der Waals surface area contributed by atoms with E-state index in [0.717, 1.165) is 17.9 Å². The SMILES string of the molecule is CC(C)NCCOc1ccc(CC(=O)C(C)C)cc1. The lowest BCUT2D eigenvalue weighted by molar-refractivity contribution is -0.121. The standard InChI is InChI=1S/C16H25NO2/c1-12(2)16(18)11-14-5-7-15(8-6-14)19-10-9-17-13(3)4/h5-8,12-13,17H,9-11H2,1-4H3. The number of ether oxygens (including phenoxy) is 1. The quantitative estimate of drug-likeness (QED) is 0.733. The molecule has 0 saturated heterocycles. The fourth-order valence-corrected chi connectivity index (χ4v) is 1.63. The Kier molecular flexibility index (Phi) is 6.57. The molecule has 0 atom stereocenters. The molecule has 0 saturated carbocycles. The number of benzene rings is 1. The van der Waals surface area contributed by atoms with E-state index < -0.39 is 0 Å². The van der Waals surface area contributed by atoms with Crippen molar-refractivity contribution in [3.8, 4) is 5.75 Å². The maximum absolute atomic E-state index is 11.6. The van der Waals surface area contributed by atoms with Crippen molar-refractivity contribution < 1.29 is 9.53 Å². The number of rotatable bonds is 8. The third-order valence-corrected chi connectivity index (χ3v) is 2.87. The summed E-state index contributed by atoms with van der Waals surface area (Å²) in [5.41, 5.74) is 1.05. The van der Waals surface area contributed by atoms with Crippen molar-refractivity contribution in [1.29, 1.82) is 0 Å². The largest absolute Gasteiger partial charge is 0.492 e. The van der Waals surface area contributed by atoms with Gasteiger partial charge in [-0.1, -0.05) is 39.8 Å². The molecule has 0 bridgehead atoms. The van der Waals surface area contributed by atoms with Crippen molar-refractivity contribution in [3.05, 3.63) is 29.8 Å². The van der Waals surface area contributed by atoms with Crippen LogP contribution in [0.4, 0.5) is 0 Å². The van der Waals surface area contributed by atoms with Crippen molar-refractivity contribution in [2.24, 2.45) is 5.92 Å². The summed E-state index contributed by atoms with van der Waals surface area (Å²) in [6.45, 7) is 9.58. The normalized spacial score (nSPS) is 11.1. The van der Waals surface area contributed by atoms with Gasteiger partial charge in [-0.05, 0) is 17.7 Å². The minimum Gasteiger partial charge on any atom is -0.492 e. The molecular weight excluding hydrogens is 238 g/mol. The van der Waals surface area contributed by atoms with Crippen LogP contribution in [0.15, 0.2) is 24.3 Å². The van der Waals surface area contributed by atoms with E-state index in [9.17, 15) is 4.79 Å². The first-order valence-electron chi connectivity index (χ1n) is 6.97. The van der Waals surface area contributed by atoms with Gasteiger partial charge in [0.05, 0.1) is 0 Å². The highest BCUT2D eigenvalue weighted by atomic mass is 16.5. The highest BCUT2D eigenvalue weighted by Gasteiger charge is 2.08. The van der Waals surface area contributed by atoms with Crippen molar-refractivity contribution in [3.63, 3.8) is 0 Å². The van der Waals surface area contributed by atoms with Crippen LogP contribution < -0.4 is 10.1 Å². The number of Topliss-reactive ketones (excluding diaryl/α,β-unsaturated/α-hetero) is 1. The molecule has 3 nitrogen and oxygen atoms in total. The summed E-state index contributed by atoms with van der Waals surface area (Å²) in [7, 11) is 0. The van der Waals surface area contributed by atoms with Crippen LogP contribution in [0, 0.1) is 5.92 Å². The van der Waals surface area contributed by atoms with Crippen molar-refractivity contribution >= 4 is 5.78 Å². The minimum atomic E-state index is 0.0954. The maximum Gasteiger partial charge on any atom is 0.139 e. The van der Waals surface area contributed by atoms with Crippen LogP contribution in [-0.4, -0.2) is 25.0 Å². The monoisotopic (exact) mass is 263 g/mol. The summed E-state index contributed by atoms with van der Waals surface area (Å²) in [6, 6.07) is 8.26. The zero-order chi connectivity index (χ0) is 14.3. The number of ketones is 1. The van der Waals surface area contributed by atoms with E-state index in [0.29, 0.717) is 19.1 Å². The van der Waals surface area contributed by atoms with E-state index in [2.05, 4.69) is 19.2 Å². The van der Waals surface area contributed by atoms with Gasteiger partial charge in [0.15, 0.2) is 0 Å². The topological polar surface area (TPSA) is 38.3 Å². The molecule has 1 rings (SSSR count). The molecule has 19 heavy (non-hydrogen) atoms. The number of hydrogen-bond donors (Lipinski definition) is 1. The Morgan fingerprint density at radius 1 is 1.16 bits per heavy atom. The van der Waals surface area contributed by atoms with Crippen LogP contribution in [0.2, 0.25) is 0 Å². The van der Waals surface area contributed by atoms with E-state index in [-0.39, 0.29) is 11.7 Å². The van der Waals surface area contributed by atoms with Crippen LogP contribution in [0.1, 0.15) is 33.3 Å². The Labute approximate surface area is 116 Å². The number of hydrogen-bond acceptors (Lipinski definition) is 3. The van der Waals surface area contributed by atoms with Crippen LogP contribution in [0.3, 0.4) is 0 Å². The van der Waals surface area contributed by atoms with E-state index in [1.807, 2.05) is 38.1 Å². The van der Waals surface area contributed by atoms with Gasteiger partial charge in [0.25, 0.3) is 0 Å². The first-order chi connectivity index (χ1) is 8.99. The van der Waals surface area contributed by atoms with Crippen LogP contribution in [0.5, 0.6) is 5.75 Å². The zero-order valence-corrected chi connectivity index (χ0v) is 12.4. The van der Waals surface area contributed by atoms with Gasteiger partial charge in [-0.25, -0.2) is 0 Å². The second kappa shape index (κ2) is 7.95. The predicted octanol–water partition coefficient (Wildman–Crippen LogP) is 2.83. The van der Waals surface area contributed by atoms with E-state index in [1.54, 1.807) is 0 Å². The van der Waals surface area contributed by atoms with Crippen molar-refractivity contribution in [2.75, 3.05) is 13.2 Å². The second-order valence-corrected chi connectivity index (χ2v) is 5.40. The van der Waals surface area contributed by atoms with Gasteiger partial charge in [0, 0.05) is 24.9 Å². The number of carbonyl (C=O) groups excluding carboxylic acids is 1. The van der Waals surface area contributed by atoms with Crippen molar-refractivity contribution in [1.82, 2.24) is 5.32 Å². The molecule has 1 aromatic carbocycles.